The van der Waals surface area contributed by atoms with Crippen molar-refractivity contribution in [2.45, 2.75) is 127 Å². The predicted octanol–water partition coefficient (Wildman–Crippen LogP) is -4.37. The number of hydrogen-bond acceptors (Lipinski definition) is 13. The number of carbonyl (C=O) groups is 11. The van der Waals surface area contributed by atoms with Gasteiger partial charge in [0.1, 0.15) is 42.3 Å². The molecule has 1 saturated heterocycles. The summed E-state index contributed by atoms with van der Waals surface area (Å²) in [6, 6.07) is -9.93. The highest BCUT2D eigenvalue weighted by Crippen LogP contribution is 2.21. The average Bonchev–Trinajstić information content (AvgIpc) is 3.68. The van der Waals surface area contributed by atoms with Crippen molar-refractivity contribution in [3.05, 3.63) is 0 Å². The van der Waals surface area contributed by atoms with Gasteiger partial charge in [-0.1, -0.05) is 13.8 Å². The van der Waals surface area contributed by atoms with Crippen LogP contribution in [0.4, 0.5) is 0 Å². The van der Waals surface area contributed by atoms with E-state index in [9.17, 15) is 68.1 Å². The fraction of sp³-hybridized carbons (Fsp3) is 0.667. The normalized spacial score (nSPS) is 16.2. The van der Waals surface area contributed by atoms with Gasteiger partial charge < -0.3 is 69.3 Å². The Morgan fingerprint density at radius 1 is 0.677 bits per heavy atom. The fourth-order valence-electron chi connectivity index (χ4n) is 6.17. The molecule has 8 amide bonds. The highest BCUT2D eigenvalue weighted by Gasteiger charge is 2.41. The third-order valence-corrected chi connectivity index (χ3v) is 9.74. The minimum Gasteiger partial charge on any atom is -0.481 e. The van der Waals surface area contributed by atoms with E-state index in [0.29, 0.717) is 6.42 Å². The van der Waals surface area contributed by atoms with Gasteiger partial charge in [0.2, 0.25) is 47.3 Å². The molecule has 0 spiro atoms. The van der Waals surface area contributed by atoms with Crippen molar-refractivity contribution in [1.29, 1.82) is 0 Å². The van der Waals surface area contributed by atoms with Crippen LogP contribution < -0.4 is 49.1 Å². The van der Waals surface area contributed by atoms with Gasteiger partial charge in [0.25, 0.3) is 0 Å². The monoisotopic (exact) mass is 901 g/mol. The number of guanidine groups is 1. The molecule has 0 bridgehead atoms. The van der Waals surface area contributed by atoms with Crippen LogP contribution in [-0.4, -0.2) is 152 Å². The number of nitrogens with zero attached hydrogens (tertiary/aromatic N) is 2. The third kappa shape index (κ3) is 19.4. The first-order valence-electron chi connectivity index (χ1n) is 19.7. The molecule has 1 fully saturated rings. The van der Waals surface area contributed by atoms with Crippen molar-refractivity contribution in [3.63, 3.8) is 0 Å². The summed E-state index contributed by atoms with van der Waals surface area (Å²) in [5.41, 5.74) is 16.0. The molecule has 0 radical (unpaired) electrons. The first-order valence-corrected chi connectivity index (χ1v) is 20.3. The molecule has 1 heterocycles. The van der Waals surface area contributed by atoms with E-state index in [2.05, 4.69) is 49.5 Å². The van der Waals surface area contributed by atoms with Crippen LogP contribution in [0.3, 0.4) is 0 Å². The van der Waals surface area contributed by atoms with E-state index >= 15 is 0 Å². The molecule has 7 atom stereocenters. The van der Waals surface area contributed by atoms with Crippen LogP contribution in [0.1, 0.15) is 85.0 Å². The first kappa shape index (κ1) is 53.8. The number of nitrogens with one attached hydrogen (secondary N) is 6. The Balaban J connectivity index is 3.46. The number of aliphatic carboxylic acids is 3. The number of thiol groups is 1. The number of aliphatic imine (C=N–C) groups is 1. The van der Waals surface area contributed by atoms with E-state index in [1.165, 1.54) is 4.90 Å². The second-order valence-corrected chi connectivity index (χ2v) is 15.1. The second-order valence-electron chi connectivity index (χ2n) is 14.8. The van der Waals surface area contributed by atoms with Crippen molar-refractivity contribution >= 4 is 83.8 Å². The number of amides is 8. The number of carboxylic acids is 3. The van der Waals surface area contributed by atoms with Gasteiger partial charge in [-0.25, -0.2) is 4.79 Å². The third-order valence-electron chi connectivity index (χ3n) is 9.38. The summed E-state index contributed by atoms with van der Waals surface area (Å²) in [4.78, 5) is 144. The molecule has 26 heteroatoms. The predicted molar refractivity (Wildman–Crippen MR) is 220 cm³/mol. The largest absolute Gasteiger partial charge is 0.481 e. The highest BCUT2D eigenvalue weighted by atomic mass is 32.1. The van der Waals surface area contributed by atoms with Gasteiger partial charge in [-0.15, -0.1) is 0 Å². The number of nitrogens with two attached hydrogens (primary N) is 3. The highest BCUT2D eigenvalue weighted by molar-refractivity contribution is 7.80. The lowest BCUT2D eigenvalue weighted by Gasteiger charge is -2.32. The number of likely N-dealkylation sites (tertiary alicyclic amines) is 1. The number of carboxylic acid groups (broad SMARTS) is 3. The van der Waals surface area contributed by atoms with Crippen molar-refractivity contribution in [2.75, 3.05) is 18.8 Å². The summed E-state index contributed by atoms with van der Waals surface area (Å²) >= 11 is 3.94. The lowest BCUT2D eigenvalue weighted by Crippen LogP contribution is -2.60. The quantitative estimate of drug-likeness (QED) is 0.0153. The van der Waals surface area contributed by atoms with E-state index < -0.39 is 139 Å². The zero-order valence-corrected chi connectivity index (χ0v) is 35.6. The van der Waals surface area contributed by atoms with E-state index in [-0.39, 0.29) is 56.9 Å². The van der Waals surface area contributed by atoms with Crippen LogP contribution in [0.15, 0.2) is 4.99 Å². The van der Waals surface area contributed by atoms with Crippen LogP contribution in [-0.2, 0) is 52.7 Å². The van der Waals surface area contributed by atoms with E-state index in [4.69, 9.17) is 17.2 Å². The molecule has 0 saturated carbocycles. The summed E-state index contributed by atoms with van der Waals surface area (Å²) in [5, 5.41) is 42.5. The number of rotatable bonds is 28. The summed E-state index contributed by atoms with van der Waals surface area (Å²) in [6.07, 6.45) is -2.58. The van der Waals surface area contributed by atoms with Crippen molar-refractivity contribution in [3.8, 4) is 0 Å². The molecule has 15 N–H and O–H groups in total. The Bertz CT molecular complexity index is 1690. The molecule has 0 aromatic rings. The molecule has 0 unspecified atom stereocenters. The maximum absolute atomic E-state index is 13.9. The van der Waals surface area contributed by atoms with Gasteiger partial charge in [-0.05, 0) is 50.9 Å². The maximum atomic E-state index is 13.9. The van der Waals surface area contributed by atoms with E-state index in [0.717, 1.165) is 6.92 Å². The van der Waals surface area contributed by atoms with Gasteiger partial charge in [0, 0.05) is 45.0 Å². The van der Waals surface area contributed by atoms with Crippen molar-refractivity contribution < 1.29 is 68.1 Å². The molecule has 1 aliphatic rings. The molecule has 25 nitrogen and oxygen atoms in total. The molecule has 1 rings (SSSR count). The molecule has 0 aromatic carbocycles. The lowest BCUT2D eigenvalue weighted by molar-refractivity contribution is -0.145. The summed E-state index contributed by atoms with van der Waals surface area (Å²) in [5.74, 6) is -12.2. The molecule has 0 aromatic heterocycles. The summed E-state index contributed by atoms with van der Waals surface area (Å²) in [7, 11) is 0. The molecule has 0 aliphatic carbocycles. The van der Waals surface area contributed by atoms with Crippen molar-refractivity contribution in [2.24, 2.45) is 28.1 Å². The number of primary amides is 1. The summed E-state index contributed by atoms with van der Waals surface area (Å²) in [6.45, 7) is 4.28. The molecule has 62 heavy (non-hydrogen) atoms. The van der Waals surface area contributed by atoms with Gasteiger partial charge in [0.15, 0.2) is 5.96 Å². The van der Waals surface area contributed by atoms with Gasteiger partial charge in [0.05, 0.1) is 0 Å². The van der Waals surface area contributed by atoms with Crippen LogP contribution in [0.2, 0.25) is 0 Å². The molecule has 348 valence electrons. The average molecular weight is 902 g/mol. The van der Waals surface area contributed by atoms with Gasteiger partial charge >= 0.3 is 17.9 Å². The maximum Gasteiger partial charge on any atom is 0.327 e. The van der Waals surface area contributed by atoms with E-state index in [1.807, 2.05) is 0 Å². The minimum atomic E-state index is -1.64. The Kier molecular flexibility index (Phi) is 23.3. The first-order chi connectivity index (χ1) is 29.0. The van der Waals surface area contributed by atoms with Gasteiger partial charge in [-0.3, -0.25) is 52.9 Å². The second kappa shape index (κ2) is 26.9. The van der Waals surface area contributed by atoms with Crippen LogP contribution >= 0.6 is 12.6 Å². The Hall–Kier alpha value is -6.21. The van der Waals surface area contributed by atoms with Crippen LogP contribution in [0.25, 0.3) is 0 Å². The van der Waals surface area contributed by atoms with E-state index in [1.54, 1.807) is 13.8 Å². The zero-order chi connectivity index (χ0) is 47.3. The Morgan fingerprint density at radius 2 is 1.15 bits per heavy atom. The topological polar surface area (TPSA) is 414 Å². The minimum absolute atomic E-state index is 0.0296. The van der Waals surface area contributed by atoms with Gasteiger partial charge in [-0.2, -0.15) is 12.6 Å². The zero-order valence-electron chi connectivity index (χ0n) is 34.7. The number of hydrogen-bond donors (Lipinski definition) is 13. The Labute approximate surface area is 362 Å². The van der Waals surface area contributed by atoms with Crippen LogP contribution in [0.5, 0.6) is 0 Å². The number of carbonyl (C=O) groups excluding carboxylic acids is 8. The molecule has 1 aliphatic heterocycles. The molecular formula is C36H59N11O14S. The SMILES string of the molecule is CC(=O)N[C@@H](CCC(N)=O)C(=O)N[C@@H](CCC(=O)O)C(=O)N[C@@H](CCCN=C(N)N)C(=O)N[C@@H](CCC(=O)O)C(=O)N[C@H](C(=O)N1CCC[C@H]1C(=O)N[C@@H](CS)C(=O)O)C(C)C. The molecular weight excluding hydrogens is 843 g/mol. The summed E-state index contributed by atoms with van der Waals surface area (Å²) < 4.78 is 0. The Morgan fingerprint density at radius 3 is 1.56 bits per heavy atom. The smallest absolute Gasteiger partial charge is 0.327 e. The van der Waals surface area contributed by atoms with Crippen molar-refractivity contribution in [1.82, 2.24) is 36.8 Å². The lowest BCUT2D eigenvalue weighted by atomic mass is 10.0. The van der Waals surface area contributed by atoms with Crippen LogP contribution in [0, 0.1) is 5.92 Å². The fourth-order valence-corrected chi connectivity index (χ4v) is 6.41. The standard InChI is InChI=1S/C36H59N11O14S/c1-17(2)28(34(59)47-15-5-7-24(47)33(58)45-23(16-62)35(60)61)46-32(57)22(10-13-27(52)53)44-29(54)19(6-4-14-40-36(38)39)42-31(56)21(9-12-26(50)51)43-30(55)20(41-18(3)48)8-11-25(37)49/h17,19-24,28,62H,4-16H2,1-3H3,(H2,37,49)(H,41,48)(H,42,56)(H,43,55)(H,44,54)(H,45,58)(H,46,57)(H,50,51)(H,52,53)(H,60,61)(H4,38,39,40)/t19-,20-,21-,22-,23-,24-,28-/m0/s1.